The first-order valence-electron chi connectivity index (χ1n) is 15.0. The first-order valence-corrected chi connectivity index (χ1v) is 15.0. The van der Waals surface area contributed by atoms with Gasteiger partial charge in [0.1, 0.15) is 23.8 Å². The summed E-state index contributed by atoms with van der Waals surface area (Å²) in [6, 6.07) is 4.38. The van der Waals surface area contributed by atoms with Gasteiger partial charge in [0.15, 0.2) is 11.2 Å². The van der Waals surface area contributed by atoms with Gasteiger partial charge in [-0.1, -0.05) is 0 Å². The zero-order valence-electron chi connectivity index (χ0n) is 26.5. The highest BCUT2D eigenvalue weighted by molar-refractivity contribution is 5.80. The van der Waals surface area contributed by atoms with Crippen molar-refractivity contribution in [1.29, 1.82) is 0 Å². The van der Waals surface area contributed by atoms with E-state index in [-0.39, 0.29) is 60.8 Å². The predicted molar refractivity (Wildman–Crippen MR) is 165 cm³/mol. The molecule has 262 valence electrons. The molecule has 1 saturated heterocycles. The van der Waals surface area contributed by atoms with Crippen LogP contribution < -0.4 is 20.7 Å². The van der Waals surface area contributed by atoms with Gasteiger partial charge in [-0.2, -0.15) is 4.98 Å². The van der Waals surface area contributed by atoms with Crippen molar-refractivity contribution in [1.82, 2.24) is 29.8 Å². The number of rotatable bonds is 9. The van der Waals surface area contributed by atoms with Crippen molar-refractivity contribution in [2.45, 2.75) is 70.3 Å². The summed E-state index contributed by atoms with van der Waals surface area (Å²) in [4.78, 5) is 42.6. The van der Waals surface area contributed by atoms with E-state index in [1.54, 1.807) is 25.7 Å². The standard InChI is InChI=1S/C31H33F5N8O5/c1-30(2,3)49-29(47)42-31(23(45)25(35)36)7-4-8-43(13-31)21-11-38-20(18-6-5-17(32)10-19(18)24(33)34)9-16(21)12-44-15-41-22-26(44)39-14-40-27(22)48-28(37)46/h5-6,9-11,14-15,23-25,45H,4,7-8,12-13H2,1-3H3,(H2,37,46)(H,42,47). The molecule has 2 atom stereocenters. The summed E-state index contributed by atoms with van der Waals surface area (Å²) >= 11 is 0. The van der Waals surface area contributed by atoms with E-state index >= 15 is 0 Å². The van der Waals surface area contributed by atoms with Gasteiger partial charge in [0.05, 0.1) is 36.0 Å². The van der Waals surface area contributed by atoms with Crippen molar-refractivity contribution < 1.29 is 46.1 Å². The van der Waals surface area contributed by atoms with Gasteiger partial charge in [0, 0.05) is 24.2 Å². The zero-order chi connectivity index (χ0) is 35.7. The SMILES string of the molecule is CC(C)(C)OC(=O)NC1(C(O)C(F)F)CCCN(c2cnc(-c3ccc(F)cc3C(F)F)cc2Cn2cnc3c(OC(N)=O)ncnc32)C1. The number of hydrogen-bond donors (Lipinski definition) is 3. The number of alkyl halides is 4. The van der Waals surface area contributed by atoms with Gasteiger partial charge >= 0.3 is 12.2 Å². The van der Waals surface area contributed by atoms with Gasteiger partial charge in [-0.3, -0.25) is 4.98 Å². The third-order valence-electron chi connectivity index (χ3n) is 7.82. The van der Waals surface area contributed by atoms with Crippen LogP contribution in [0.3, 0.4) is 0 Å². The van der Waals surface area contributed by atoms with Crippen LogP contribution in [0.2, 0.25) is 0 Å². The number of piperidine rings is 1. The number of nitrogens with two attached hydrogens (primary N) is 1. The lowest BCUT2D eigenvalue weighted by molar-refractivity contribution is -0.0664. The number of carbonyl (C=O) groups is 2. The molecule has 5 rings (SSSR count). The summed E-state index contributed by atoms with van der Waals surface area (Å²) in [5.41, 5.74) is 2.73. The van der Waals surface area contributed by atoms with E-state index in [0.29, 0.717) is 17.3 Å². The highest BCUT2D eigenvalue weighted by Gasteiger charge is 2.48. The van der Waals surface area contributed by atoms with E-state index in [1.807, 2.05) is 0 Å². The number of aromatic nitrogens is 5. The van der Waals surface area contributed by atoms with Gasteiger partial charge in [-0.25, -0.2) is 41.5 Å². The number of aliphatic hydroxyl groups is 1. The van der Waals surface area contributed by atoms with Crippen LogP contribution in [0.1, 0.15) is 51.2 Å². The molecule has 4 N–H and O–H groups in total. The number of amides is 2. The van der Waals surface area contributed by atoms with Gasteiger partial charge < -0.3 is 35.1 Å². The molecule has 1 aromatic carbocycles. The smallest absolute Gasteiger partial charge is 0.411 e. The number of ether oxygens (including phenoxy) is 2. The largest absolute Gasteiger partial charge is 0.444 e. The fraction of sp³-hybridized carbons (Fsp3) is 0.419. The number of carbonyl (C=O) groups excluding carboxylic acids is 2. The average Bonchev–Trinajstić information content (AvgIpc) is 3.43. The number of pyridine rings is 1. The number of imidazole rings is 1. The van der Waals surface area contributed by atoms with E-state index in [0.717, 1.165) is 12.4 Å². The topological polar surface area (TPSA) is 171 Å². The molecule has 1 fully saturated rings. The lowest BCUT2D eigenvalue weighted by atomic mass is 9.83. The normalized spacial score (nSPS) is 17.4. The summed E-state index contributed by atoms with van der Waals surface area (Å²) in [5.74, 6) is -1.08. The fourth-order valence-corrected chi connectivity index (χ4v) is 5.78. The maximum absolute atomic E-state index is 14.1. The molecule has 0 spiro atoms. The van der Waals surface area contributed by atoms with Crippen LogP contribution in [-0.4, -0.2) is 78.6 Å². The summed E-state index contributed by atoms with van der Waals surface area (Å²) in [6.07, 6.45) is -6.66. The van der Waals surface area contributed by atoms with E-state index in [1.165, 1.54) is 29.2 Å². The highest BCUT2D eigenvalue weighted by atomic mass is 19.3. The summed E-state index contributed by atoms with van der Waals surface area (Å²) in [5, 5.41) is 13.2. The molecule has 3 aromatic heterocycles. The van der Waals surface area contributed by atoms with E-state index in [2.05, 4.69) is 25.3 Å². The Morgan fingerprint density at radius 2 is 1.88 bits per heavy atom. The first kappa shape index (κ1) is 35.2. The van der Waals surface area contributed by atoms with Crippen LogP contribution in [-0.2, 0) is 11.3 Å². The molecule has 0 bridgehead atoms. The van der Waals surface area contributed by atoms with Gasteiger partial charge in [-0.05, 0) is 63.4 Å². The Hall–Kier alpha value is -5.13. The van der Waals surface area contributed by atoms with Crippen LogP contribution in [0.25, 0.3) is 22.4 Å². The molecular formula is C31H33F5N8O5. The van der Waals surface area contributed by atoms with E-state index < -0.39 is 53.7 Å². The lowest BCUT2D eigenvalue weighted by Gasteiger charge is -2.46. The van der Waals surface area contributed by atoms with Crippen LogP contribution in [0.4, 0.5) is 37.2 Å². The molecule has 4 heterocycles. The Bertz CT molecular complexity index is 1850. The van der Waals surface area contributed by atoms with Gasteiger partial charge in [0.2, 0.25) is 0 Å². The van der Waals surface area contributed by atoms with Crippen molar-refractivity contribution in [2.75, 3.05) is 18.0 Å². The van der Waals surface area contributed by atoms with Crippen molar-refractivity contribution in [2.24, 2.45) is 5.73 Å². The van der Waals surface area contributed by atoms with Crippen LogP contribution in [0.15, 0.2) is 43.1 Å². The Kier molecular flexibility index (Phi) is 9.89. The van der Waals surface area contributed by atoms with Crippen molar-refractivity contribution in [3.8, 4) is 17.1 Å². The lowest BCUT2D eigenvalue weighted by Crippen LogP contribution is -2.67. The van der Waals surface area contributed by atoms with E-state index in [9.17, 15) is 36.6 Å². The Labute approximate surface area is 276 Å². The fourth-order valence-electron chi connectivity index (χ4n) is 5.78. The molecule has 0 saturated carbocycles. The number of fused-ring (bicyclic) bond motifs is 1. The molecule has 2 amide bonds. The van der Waals surface area contributed by atoms with Gasteiger partial charge in [0.25, 0.3) is 18.7 Å². The minimum absolute atomic E-state index is 0.0197. The summed E-state index contributed by atoms with van der Waals surface area (Å²) < 4.78 is 82.0. The molecule has 0 radical (unpaired) electrons. The molecule has 1 aliphatic heterocycles. The second-order valence-electron chi connectivity index (χ2n) is 12.5. The van der Waals surface area contributed by atoms with Crippen molar-refractivity contribution in [3.05, 3.63) is 60.1 Å². The number of alkyl carbamates (subject to hydrolysis) is 1. The van der Waals surface area contributed by atoms with Crippen molar-refractivity contribution in [3.63, 3.8) is 0 Å². The second-order valence-corrected chi connectivity index (χ2v) is 12.5. The number of nitrogens with zero attached hydrogens (tertiary/aromatic N) is 6. The quantitative estimate of drug-likeness (QED) is 0.204. The predicted octanol–water partition coefficient (Wildman–Crippen LogP) is 4.96. The third-order valence-corrected chi connectivity index (χ3v) is 7.82. The molecule has 18 heteroatoms. The first-order chi connectivity index (χ1) is 23.1. The van der Waals surface area contributed by atoms with Gasteiger partial charge in [-0.15, -0.1) is 0 Å². The number of halogens is 5. The maximum Gasteiger partial charge on any atom is 0.411 e. The maximum atomic E-state index is 14.1. The molecular weight excluding hydrogens is 659 g/mol. The summed E-state index contributed by atoms with van der Waals surface area (Å²) in [6.45, 7) is 4.69. The third kappa shape index (κ3) is 7.79. The highest BCUT2D eigenvalue weighted by Crippen LogP contribution is 2.37. The van der Waals surface area contributed by atoms with Crippen LogP contribution in [0, 0.1) is 5.82 Å². The second kappa shape index (κ2) is 13.8. The number of aliphatic hydroxyl groups excluding tert-OH is 1. The number of primary amides is 1. The summed E-state index contributed by atoms with van der Waals surface area (Å²) in [7, 11) is 0. The Morgan fingerprint density at radius 1 is 1.12 bits per heavy atom. The molecule has 13 nitrogen and oxygen atoms in total. The molecule has 0 aliphatic carbocycles. The minimum Gasteiger partial charge on any atom is -0.444 e. The number of benzene rings is 1. The number of anilines is 1. The number of nitrogens with one attached hydrogen (secondary N) is 1. The van der Waals surface area contributed by atoms with Crippen LogP contribution >= 0.6 is 0 Å². The van der Waals surface area contributed by atoms with Crippen LogP contribution in [0.5, 0.6) is 5.88 Å². The Balaban J connectivity index is 1.61. The Morgan fingerprint density at radius 3 is 2.55 bits per heavy atom. The van der Waals surface area contributed by atoms with Crippen molar-refractivity contribution >= 4 is 29.0 Å². The average molecular weight is 693 g/mol. The zero-order valence-corrected chi connectivity index (χ0v) is 26.5. The van der Waals surface area contributed by atoms with E-state index in [4.69, 9.17) is 15.2 Å². The molecule has 4 aromatic rings. The molecule has 1 aliphatic rings. The number of hydrogen-bond acceptors (Lipinski definition) is 10. The minimum atomic E-state index is -3.23. The molecule has 2 unspecified atom stereocenters. The molecule has 49 heavy (non-hydrogen) atoms. The monoisotopic (exact) mass is 692 g/mol.